The van der Waals surface area contributed by atoms with Crippen molar-refractivity contribution in [3.8, 4) is 5.88 Å². The van der Waals surface area contributed by atoms with Crippen molar-refractivity contribution in [2.75, 3.05) is 30.7 Å². The van der Waals surface area contributed by atoms with Gasteiger partial charge in [0.15, 0.2) is 0 Å². The Morgan fingerprint density at radius 3 is 2.46 bits per heavy atom. The fourth-order valence-electron chi connectivity index (χ4n) is 5.60. The molecule has 1 aliphatic rings. The van der Waals surface area contributed by atoms with Crippen LogP contribution < -0.4 is 10.1 Å². The number of aromatic nitrogens is 1. The number of halogens is 2. The van der Waals surface area contributed by atoms with E-state index in [1.54, 1.807) is 53.4 Å². The number of nitrogens with zero attached hydrogens (tertiary/aromatic N) is 3. The molecule has 1 N–H and O–H groups in total. The second-order valence-corrected chi connectivity index (χ2v) is 14.9. The molecule has 260 valence electrons. The average molecular weight is 699 g/mol. The van der Waals surface area contributed by atoms with Crippen molar-refractivity contribution in [2.24, 2.45) is 0 Å². The lowest BCUT2D eigenvalue weighted by Gasteiger charge is -2.41. The Morgan fingerprint density at radius 2 is 1.81 bits per heavy atom. The molecule has 0 radical (unpaired) electrons. The molecule has 0 bridgehead atoms. The van der Waals surface area contributed by atoms with Crippen LogP contribution in [-0.4, -0.2) is 69.3 Å². The van der Waals surface area contributed by atoms with E-state index >= 15 is 4.39 Å². The first kappa shape index (κ1) is 37.5. The summed E-state index contributed by atoms with van der Waals surface area (Å²) in [7, 11) is 0. The maximum Gasteiger partial charge on any atom is 0.410 e. The molecule has 48 heavy (non-hydrogen) atoms. The number of amides is 2. The first-order chi connectivity index (χ1) is 22.8. The molecule has 8 nitrogen and oxygen atoms in total. The third-order valence-electron chi connectivity index (χ3n) is 7.84. The van der Waals surface area contributed by atoms with Crippen molar-refractivity contribution in [1.82, 2.24) is 14.2 Å². The van der Waals surface area contributed by atoms with Gasteiger partial charge in [-0.1, -0.05) is 54.7 Å². The minimum Gasteiger partial charge on any atom is -0.475 e. The standard InChI is InChI=1S/C37H48ClFN4O4S/c1-7-21-48-43-20-19-42(36(45)47-37(4,5)6)24-29(43)16-17-30-32(39)9-8-10-33(30)41-34(44)22-31(26-11-14-28(38)15-12-26)27-13-18-35(40-23-27)46-25(2)3/h8-15,18,23,25,29,31H,7,16-17,19-22,24H2,1-6H3,(H,41,44). The van der Waals surface area contributed by atoms with Crippen LogP contribution in [-0.2, 0) is 16.0 Å². The van der Waals surface area contributed by atoms with Gasteiger partial charge in [-0.3, -0.25) is 4.79 Å². The number of carbonyl (C=O) groups excluding carboxylic acids is 2. The lowest BCUT2D eigenvalue weighted by molar-refractivity contribution is -0.116. The molecule has 1 aliphatic heterocycles. The van der Waals surface area contributed by atoms with Crippen LogP contribution in [0, 0.1) is 5.82 Å². The normalized spacial score (nSPS) is 16.1. The molecule has 2 unspecified atom stereocenters. The van der Waals surface area contributed by atoms with Gasteiger partial charge in [-0.2, -0.15) is 0 Å². The highest BCUT2D eigenvalue weighted by molar-refractivity contribution is 7.97. The number of hydrogen-bond donors (Lipinski definition) is 1. The van der Waals surface area contributed by atoms with Crippen molar-refractivity contribution in [3.63, 3.8) is 0 Å². The van der Waals surface area contributed by atoms with Gasteiger partial charge in [0.05, 0.1) is 6.10 Å². The summed E-state index contributed by atoms with van der Waals surface area (Å²) in [5.41, 5.74) is 2.06. The van der Waals surface area contributed by atoms with Crippen LogP contribution in [0.3, 0.4) is 0 Å². The monoisotopic (exact) mass is 698 g/mol. The van der Waals surface area contributed by atoms with Gasteiger partial charge in [-0.15, -0.1) is 0 Å². The summed E-state index contributed by atoms with van der Waals surface area (Å²) in [5.74, 6) is 0.529. The smallest absolute Gasteiger partial charge is 0.410 e. The largest absolute Gasteiger partial charge is 0.475 e. The van der Waals surface area contributed by atoms with Crippen molar-refractivity contribution >= 4 is 41.2 Å². The van der Waals surface area contributed by atoms with E-state index in [0.29, 0.717) is 54.6 Å². The topological polar surface area (TPSA) is 84.0 Å². The number of rotatable bonds is 13. The van der Waals surface area contributed by atoms with E-state index in [1.807, 2.05) is 52.8 Å². The third-order valence-corrected chi connectivity index (χ3v) is 9.50. The van der Waals surface area contributed by atoms with E-state index in [2.05, 4.69) is 21.5 Å². The van der Waals surface area contributed by atoms with E-state index in [1.165, 1.54) is 6.07 Å². The van der Waals surface area contributed by atoms with Crippen molar-refractivity contribution < 1.29 is 23.5 Å². The van der Waals surface area contributed by atoms with Crippen LogP contribution in [0.25, 0.3) is 0 Å². The van der Waals surface area contributed by atoms with Crippen molar-refractivity contribution in [3.05, 3.63) is 88.3 Å². The molecule has 0 saturated carbocycles. The van der Waals surface area contributed by atoms with E-state index in [9.17, 15) is 9.59 Å². The first-order valence-electron chi connectivity index (χ1n) is 16.7. The van der Waals surface area contributed by atoms with Crippen molar-refractivity contribution in [2.45, 2.75) is 90.9 Å². The summed E-state index contributed by atoms with van der Waals surface area (Å²) >= 11 is 7.94. The van der Waals surface area contributed by atoms with Gasteiger partial charge in [-0.25, -0.2) is 18.5 Å². The zero-order valence-corrected chi connectivity index (χ0v) is 30.4. The Hall–Kier alpha value is -3.34. The molecule has 4 rings (SSSR count). The number of benzene rings is 2. The molecular weight excluding hydrogens is 651 g/mol. The number of carbonyl (C=O) groups is 2. The minimum absolute atomic E-state index is 0.00425. The van der Waals surface area contributed by atoms with E-state index < -0.39 is 5.60 Å². The highest BCUT2D eigenvalue weighted by Crippen LogP contribution is 2.32. The molecule has 1 fully saturated rings. The highest BCUT2D eigenvalue weighted by Gasteiger charge is 2.32. The van der Waals surface area contributed by atoms with Crippen LogP contribution in [0.2, 0.25) is 5.02 Å². The zero-order chi connectivity index (χ0) is 34.8. The van der Waals surface area contributed by atoms with Crippen LogP contribution >= 0.6 is 23.5 Å². The molecule has 0 spiro atoms. The number of anilines is 1. The Balaban J connectivity index is 1.50. The van der Waals surface area contributed by atoms with Gasteiger partial charge in [0.2, 0.25) is 11.8 Å². The summed E-state index contributed by atoms with van der Waals surface area (Å²) in [6, 6.07) is 15.9. The van der Waals surface area contributed by atoms with Crippen LogP contribution in [0.4, 0.5) is 14.9 Å². The average Bonchev–Trinajstić information content (AvgIpc) is 3.02. The minimum atomic E-state index is -0.588. The lowest BCUT2D eigenvalue weighted by atomic mass is 9.89. The second kappa shape index (κ2) is 17.4. The van der Waals surface area contributed by atoms with Crippen LogP contribution in [0.1, 0.15) is 83.4 Å². The van der Waals surface area contributed by atoms with E-state index in [4.69, 9.17) is 21.1 Å². The fraction of sp³-hybridized carbons (Fsp3) is 0.486. The third kappa shape index (κ3) is 11.1. The predicted octanol–water partition coefficient (Wildman–Crippen LogP) is 8.73. The molecule has 2 aromatic carbocycles. The number of ether oxygens (including phenoxy) is 2. The molecule has 0 aliphatic carbocycles. The number of pyridine rings is 1. The molecule has 2 amide bonds. The second-order valence-electron chi connectivity index (χ2n) is 13.3. The van der Waals surface area contributed by atoms with Crippen LogP contribution in [0.15, 0.2) is 60.8 Å². The number of hydrogen-bond acceptors (Lipinski definition) is 7. The number of piperazine rings is 1. The van der Waals surface area contributed by atoms with Gasteiger partial charge in [-0.05, 0) is 89.3 Å². The summed E-state index contributed by atoms with van der Waals surface area (Å²) in [4.78, 5) is 32.8. The van der Waals surface area contributed by atoms with Gasteiger partial charge in [0, 0.05) is 72.3 Å². The summed E-state index contributed by atoms with van der Waals surface area (Å²) in [5, 5.41) is 3.60. The molecular formula is C37H48ClFN4O4S. The highest BCUT2D eigenvalue weighted by atomic mass is 35.5. The van der Waals surface area contributed by atoms with Gasteiger partial charge >= 0.3 is 6.09 Å². The Bertz CT molecular complexity index is 1500. The zero-order valence-electron chi connectivity index (χ0n) is 28.8. The fourth-order valence-corrected chi connectivity index (χ4v) is 6.74. The SMILES string of the molecule is CCCSN1CCN(C(=O)OC(C)(C)C)CC1CCc1c(F)cccc1NC(=O)CC(c1ccc(Cl)cc1)c1ccc(OC(C)C)nc1. The molecule has 2 heterocycles. The van der Waals surface area contributed by atoms with Gasteiger partial charge in [0.25, 0.3) is 0 Å². The summed E-state index contributed by atoms with van der Waals surface area (Å²) in [6.45, 7) is 13.3. The first-order valence-corrected chi connectivity index (χ1v) is 18.0. The summed E-state index contributed by atoms with van der Waals surface area (Å²) in [6.07, 6.45) is 3.50. The lowest BCUT2D eigenvalue weighted by Crippen LogP contribution is -2.53. The van der Waals surface area contributed by atoms with Crippen LogP contribution in [0.5, 0.6) is 5.88 Å². The number of nitrogens with one attached hydrogen (secondary N) is 1. The Kier molecular flexibility index (Phi) is 13.6. The molecule has 3 aromatic rings. The predicted molar refractivity (Wildman–Crippen MR) is 192 cm³/mol. The molecule has 2 atom stereocenters. The quantitative estimate of drug-likeness (QED) is 0.179. The maximum atomic E-state index is 15.4. The summed E-state index contributed by atoms with van der Waals surface area (Å²) < 4.78 is 29.1. The Morgan fingerprint density at radius 1 is 1.08 bits per heavy atom. The molecule has 1 saturated heterocycles. The van der Waals surface area contributed by atoms with Gasteiger partial charge in [0.1, 0.15) is 11.4 Å². The maximum absolute atomic E-state index is 15.4. The Labute approximate surface area is 293 Å². The van der Waals surface area contributed by atoms with Crippen molar-refractivity contribution in [1.29, 1.82) is 0 Å². The van der Waals surface area contributed by atoms with Gasteiger partial charge < -0.3 is 19.7 Å². The molecule has 11 heteroatoms. The molecule has 1 aromatic heterocycles. The van der Waals surface area contributed by atoms with E-state index in [-0.39, 0.29) is 42.3 Å². The van der Waals surface area contributed by atoms with E-state index in [0.717, 1.165) is 23.3 Å².